The third kappa shape index (κ3) is 7.90. The summed E-state index contributed by atoms with van der Waals surface area (Å²) in [6, 6.07) is 11.4. The molecule has 4 aromatic rings. The molecule has 0 aliphatic carbocycles. The predicted molar refractivity (Wildman–Crippen MR) is 177 cm³/mol. The molecule has 1 amide bonds. The van der Waals surface area contributed by atoms with Crippen molar-refractivity contribution in [3.05, 3.63) is 77.4 Å². The minimum atomic E-state index is -4.43. The number of nitrogens with one attached hydrogen (secondary N) is 2. The molecule has 49 heavy (non-hydrogen) atoms. The molecule has 1 aromatic heterocycles. The van der Waals surface area contributed by atoms with E-state index in [1.807, 2.05) is 12.1 Å². The Hall–Kier alpha value is -4.44. The van der Waals surface area contributed by atoms with Crippen LogP contribution in [-0.4, -0.2) is 87.8 Å². The van der Waals surface area contributed by atoms with Crippen molar-refractivity contribution in [1.82, 2.24) is 14.7 Å². The van der Waals surface area contributed by atoms with Crippen molar-refractivity contribution in [2.75, 3.05) is 57.3 Å². The van der Waals surface area contributed by atoms with E-state index in [-0.39, 0.29) is 40.9 Å². The molecule has 0 unspecified atom stereocenters. The van der Waals surface area contributed by atoms with Gasteiger partial charge in [-0.15, -0.1) is 5.10 Å². The highest BCUT2D eigenvalue weighted by Crippen LogP contribution is 2.31. The number of carbonyl (C=O) groups excluding carboxylic acids is 2. The van der Waals surface area contributed by atoms with Crippen LogP contribution >= 0.6 is 0 Å². The van der Waals surface area contributed by atoms with E-state index in [0.29, 0.717) is 42.7 Å². The zero-order chi connectivity index (χ0) is 34.5. The first-order valence-electron chi connectivity index (χ1n) is 16.0. The number of hydrogen-bond donors (Lipinski definition) is 2. The Morgan fingerprint density at radius 3 is 2.41 bits per heavy atom. The van der Waals surface area contributed by atoms with Gasteiger partial charge in [0.25, 0.3) is 5.91 Å². The van der Waals surface area contributed by atoms with Crippen LogP contribution in [0.1, 0.15) is 41.6 Å². The van der Waals surface area contributed by atoms with Gasteiger partial charge in [-0.1, -0.05) is 6.07 Å². The molecule has 260 valence electrons. The lowest BCUT2D eigenvalue weighted by Gasteiger charge is -2.26. The average molecular weight is 698 g/mol. The van der Waals surface area contributed by atoms with Gasteiger partial charge in [-0.25, -0.2) is 22.0 Å². The maximum atomic E-state index is 14.0. The topological polar surface area (TPSA) is 141 Å². The van der Waals surface area contributed by atoms with Crippen LogP contribution in [0.5, 0.6) is 0 Å². The fraction of sp³-hybridized carbons (Fsp3) is 0.382. The van der Waals surface area contributed by atoms with Crippen LogP contribution in [0, 0.1) is 11.6 Å². The van der Waals surface area contributed by atoms with Gasteiger partial charge in [-0.3, -0.25) is 9.69 Å². The number of nitrogens with zero attached hydrogens (tertiary/aromatic N) is 3. The van der Waals surface area contributed by atoms with Gasteiger partial charge < -0.3 is 24.8 Å². The number of amides is 1. The normalized spacial score (nSPS) is 15.8. The minimum absolute atomic E-state index is 0.0824. The van der Waals surface area contributed by atoms with Crippen molar-refractivity contribution >= 4 is 44.2 Å². The number of rotatable bonds is 11. The van der Waals surface area contributed by atoms with Crippen LogP contribution in [0.4, 0.5) is 25.1 Å². The summed E-state index contributed by atoms with van der Waals surface area (Å²) < 4.78 is 71.5. The molecule has 2 fully saturated rings. The van der Waals surface area contributed by atoms with Crippen molar-refractivity contribution in [1.29, 1.82) is 0 Å². The summed E-state index contributed by atoms with van der Waals surface area (Å²) >= 11 is 0. The molecule has 0 spiro atoms. The van der Waals surface area contributed by atoms with Gasteiger partial charge in [0.1, 0.15) is 18.2 Å². The molecule has 12 nitrogen and oxygen atoms in total. The smallest absolute Gasteiger partial charge is 0.435 e. The molecule has 0 atom stereocenters. The third-order valence-corrected chi connectivity index (χ3v) is 10.3. The second-order valence-electron chi connectivity index (χ2n) is 12.0. The quantitative estimate of drug-likeness (QED) is 0.201. The molecule has 0 saturated carbocycles. The molecular formula is C34H37F2N5O7S. The van der Waals surface area contributed by atoms with Crippen LogP contribution in [-0.2, 0) is 30.6 Å². The first kappa shape index (κ1) is 34.4. The maximum Gasteiger partial charge on any atom is 0.435 e. The van der Waals surface area contributed by atoms with E-state index in [2.05, 4.69) is 20.6 Å². The summed E-state index contributed by atoms with van der Waals surface area (Å²) in [4.78, 5) is 28.4. The summed E-state index contributed by atoms with van der Waals surface area (Å²) in [6.45, 7) is 4.02. The van der Waals surface area contributed by atoms with Crippen LogP contribution in [0.3, 0.4) is 0 Å². The van der Waals surface area contributed by atoms with Crippen molar-refractivity contribution in [2.24, 2.45) is 0 Å². The van der Waals surface area contributed by atoms with Crippen molar-refractivity contribution < 1.29 is 41.0 Å². The molecule has 6 rings (SSSR count). The minimum Gasteiger partial charge on any atom is -0.445 e. The van der Waals surface area contributed by atoms with E-state index < -0.39 is 38.4 Å². The number of hydrogen-bond acceptors (Lipinski definition) is 10. The Morgan fingerprint density at radius 2 is 1.69 bits per heavy atom. The summed E-state index contributed by atoms with van der Waals surface area (Å²) in [5, 5.41) is 10.7. The zero-order valence-corrected chi connectivity index (χ0v) is 27.7. The Morgan fingerprint density at radius 1 is 0.959 bits per heavy atom. The highest BCUT2D eigenvalue weighted by atomic mass is 32.2. The fourth-order valence-corrected chi connectivity index (χ4v) is 7.36. The van der Waals surface area contributed by atoms with E-state index >= 15 is 0 Å². The van der Waals surface area contributed by atoms with Crippen LogP contribution in [0.25, 0.3) is 10.9 Å². The maximum absolute atomic E-state index is 14.0. The molecule has 0 bridgehead atoms. The molecule has 3 heterocycles. The molecule has 2 N–H and O–H groups in total. The van der Waals surface area contributed by atoms with Crippen molar-refractivity contribution in [3.8, 4) is 0 Å². The van der Waals surface area contributed by atoms with Crippen molar-refractivity contribution in [2.45, 2.75) is 48.1 Å². The molecule has 2 aliphatic rings. The Balaban J connectivity index is 1.37. The van der Waals surface area contributed by atoms with Gasteiger partial charge in [0.2, 0.25) is 9.84 Å². The average Bonchev–Trinajstić information content (AvgIpc) is 3.72. The zero-order valence-electron chi connectivity index (χ0n) is 26.9. The van der Waals surface area contributed by atoms with Gasteiger partial charge in [-0.2, -0.15) is 4.68 Å². The Kier molecular flexibility index (Phi) is 10.5. The number of aromatic nitrogens is 2. The van der Waals surface area contributed by atoms with E-state index in [9.17, 15) is 26.8 Å². The second kappa shape index (κ2) is 15.0. The van der Waals surface area contributed by atoms with Gasteiger partial charge in [0.05, 0.1) is 27.5 Å². The number of fused-ring (bicyclic) bond motifs is 1. The van der Waals surface area contributed by atoms with E-state index in [4.69, 9.17) is 14.2 Å². The number of carbonyl (C=O) groups is 2. The summed E-state index contributed by atoms with van der Waals surface area (Å²) in [5.41, 5.74) is 2.12. The SMILES string of the molecule is COCCOC(=O)n1nc(NC(=O)c2ccc(CN3CCCC3)cc2NC2CCOCC2)c2cc(S(=O)(=O)c3cc(F)cc(F)c3)ccc21. The number of benzene rings is 3. The largest absolute Gasteiger partial charge is 0.445 e. The summed E-state index contributed by atoms with van der Waals surface area (Å²) in [5.74, 6) is -2.79. The van der Waals surface area contributed by atoms with E-state index in [0.717, 1.165) is 55.6 Å². The monoisotopic (exact) mass is 697 g/mol. The lowest BCUT2D eigenvalue weighted by atomic mass is 10.0. The standard InChI is InChI=1S/C34H37F2N5O7S/c1-46-14-15-48-34(43)41-31-7-5-26(49(44,45)27-18-23(35)17-24(36)19-27)20-29(31)32(39-41)38-33(42)28-6-4-22(21-40-10-2-3-11-40)16-30(28)37-25-8-12-47-13-9-25/h4-7,16-20,25,37H,2-3,8-15,21H2,1H3,(H,38,39,42). The fourth-order valence-electron chi connectivity index (χ4n) is 6.03. The summed E-state index contributed by atoms with van der Waals surface area (Å²) in [6.07, 6.45) is 2.94. The van der Waals surface area contributed by atoms with E-state index in [1.165, 1.54) is 25.3 Å². The van der Waals surface area contributed by atoms with Gasteiger partial charge in [0.15, 0.2) is 5.82 Å². The molecule has 15 heteroatoms. The van der Waals surface area contributed by atoms with Crippen LogP contribution in [0.2, 0.25) is 0 Å². The number of anilines is 2. The lowest BCUT2D eigenvalue weighted by molar-refractivity contribution is 0.0904. The predicted octanol–water partition coefficient (Wildman–Crippen LogP) is 5.22. The second-order valence-corrected chi connectivity index (χ2v) is 14.0. The Bertz CT molecular complexity index is 1940. The van der Waals surface area contributed by atoms with Gasteiger partial charge in [0, 0.05) is 50.1 Å². The molecule has 0 radical (unpaired) electrons. The first-order valence-corrected chi connectivity index (χ1v) is 17.5. The highest BCUT2D eigenvalue weighted by Gasteiger charge is 2.26. The number of likely N-dealkylation sites (tertiary alicyclic amines) is 1. The van der Waals surface area contributed by atoms with Crippen LogP contribution in [0.15, 0.2) is 64.4 Å². The first-order chi connectivity index (χ1) is 23.6. The van der Waals surface area contributed by atoms with E-state index in [1.54, 1.807) is 6.07 Å². The van der Waals surface area contributed by atoms with Crippen molar-refractivity contribution in [3.63, 3.8) is 0 Å². The number of methoxy groups -OCH3 is 1. The number of halogens is 2. The van der Waals surface area contributed by atoms with Gasteiger partial charge in [-0.05, 0) is 86.8 Å². The molecular weight excluding hydrogens is 660 g/mol. The molecule has 3 aromatic carbocycles. The summed E-state index contributed by atoms with van der Waals surface area (Å²) in [7, 11) is -2.98. The third-order valence-electron chi connectivity index (χ3n) is 8.54. The number of ether oxygens (including phenoxy) is 3. The lowest BCUT2D eigenvalue weighted by Crippen LogP contribution is -2.29. The molecule has 2 aliphatic heterocycles. The highest BCUT2D eigenvalue weighted by molar-refractivity contribution is 7.91. The Labute approximate surface area is 282 Å². The number of sulfone groups is 1. The van der Waals surface area contributed by atoms with Gasteiger partial charge >= 0.3 is 6.09 Å². The molecule has 2 saturated heterocycles. The van der Waals surface area contributed by atoms with Crippen LogP contribution < -0.4 is 10.6 Å².